The standard InChI is InChI=1S/C52H58O11/c1-4-30-55-51-50(61-38(3)53)48(45(37(2)60-51)56-32-40-22-12-6-13-23-40)63-52-49(59-35-43-28-18-9-19-29-43)47(58-34-42-26-16-8-17-27-42)46(57-33-41-24-14-7-15-25-41)44(62-52)36-54-31-39-20-10-5-11-21-39/h4-29,37,44-52H,1,30-36H2,2-3H3/t37-,44+,45-,46+,47-,48+,49+,50+,51+,52-/m0/s1. The first-order valence-corrected chi connectivity index (χ1v) is 21.5. The van der Waals surface area contributed by atoms with Gasteiger partial charge in [-0.2, -0.15) is 0 Å². The molecular formula is C52H58O11. The zero-order valence-corrected chi connectivity index (χ0v) is 35.9. The molecule has 63 heavy (non-hydrogen) atoms. The number of ether oxygens (including phenoxy) is 10. The molecule has 11 nitrogen and oxygen atoms in total. The lowest BCUT2D eigenvalue weighted by Gasteiger charge is -2.49. The number of rotatable bonds is 22. The van der Waals surface area contributed by atoms with E-state index in [0.29, 0.717) is 6.61 Å². The second kappa shape index (κ2) is 24.1. The zero-order chi connectivity index (χ0) is 43.6. The van der Waals surface area contributed by atoms with Crippen LogP contribution in [0.4, 0.5) is 0 Å². The van der Waals surface area contributed by atoms with Crippen molar-refractivity contribution in [2.75, 3.05) is 13.2 Å². The predicted octanol–water partition coefficient (Wildman–Crippen LogP) is 8.53. The minimum atomic E-state index is -1.13. The first-order chi connectivity index (χ1) is 30.9. The van der Waals surface area contributed by atoms with Gasteiger partial charge in [0, 0.05) is 6.92 Å². The Morgan fingerprint density at radius 3 is 1.40 bits per heavy atom. The average Bonchev–Trinajstić information content (AvgIpc) is 3.31. The molecular weight excluding hydrogens is 801 g/mol. The van der Waals surface area contributed by atoms with E-state index >= 15 is 0 Å². The monoisotopic (exact) mass is 858 g/mol. The molecule has 11 heteroatoms. The molecule has 0 spiro atoms. The van der Waals surface area contributed by atoms with Crippen molar-refractivity contribution in [3.05, 3.63) is 192 Å². The van der Waals surface area contributed by atoms with Gasteiger partial charge in [-0.15, -0.1) is 6.58 Å². The van der Waals surface area contributed by atoms with Crippen LogP contribution in [0, 0.1) is 0 Å². The molecule has 2 fully saturated rings. The van der Waals surface area contributed by atoms with E-state index < -0.39 is 67.4 Å². The summed E-state index contributed by atoms with van der Waals surface area (Å²) in [6.07, 6.45) is -7.02. The van der Waals surface area contributed by atoms with E-state index in [1.54, 1.807) is 6.08 Å². The van der Waals surface area contributed by atoms with Crippen molar-refractivity contribution in [3.8, 4) is 0 Å². The highest BCUT2D eigenvalue weighted by atomic mass is 16.8. The second-order valence-electron chi connectivity index (χ2n) is 15.6. The van der Waals surface area contributed by atoms with Crippen molar-refractivity contribution >= 4 is 5.97 Å². The largest absolute Gasteiger partial charge is 0.454 e. The van der Waals surface area contributed by atoms with Crippen molar-refractivity contribution in [2.45, 2.75) is 108 Å². The Morgan fingerprint density at radius 1 is 0.508 bits per heavy atom. The third kappa shape index (κ3) is 13.5. The van der Waals surface area contributed by atoms with Crippen LogP contribution in [0.1, 0.15) is 41.7 Å². The van der Waals surface area contributed by atoms with Crippen molar-refractivity contribution in [1.82, 2.24) is 0 Å². The van der Waals surface area contributed by atoms with Crippen LogP contribution in [0.3, 0.4) is 0 Å². The van der Waals surface area contributed by atoms with Crippen molar-refractivity contribution in [1.29, 1.82) is 0 Å². The number of esters is 1. The van der Waals surface area contributed by atoms with E-state index in [1.165, 1.54) is 6.92 Å². The van der Waals surface area contributed by atoms with Crippen LogP contribution in [0.15, 0.2) is 164 Å². The molecule has 0 radical (unpaired) electrons. The molecule has 2 saturated heterocycles. The summed E-state index contributed by atoms with van der Waals surface area (Å²) < 4.78 is 66.6. The molecule has 0 saturated carbocycles. The molecule has 0 aliphatic carbocycles. The topological polar surface area (TPSA) is 109 Å². The molecule has 0 N–H and O–H groups in total. The molecule has 2 heterocycles. The summed E-state index contributed by atoms with van der Waals surface area (Å²) in [6.45, 7) is 8.60. The van der Waals surface area contributed by atoms with Crippen LogP contribution in [0.25, 0.3) is 0 Å². The molecule has 0 amide bonds. The molecule has 0 bridgehead atoms. The third-order valence-corrected chi connectivity index (χ3v) is 10.8. The summed E-state index contributed by atoms with van der Waals surface area (Å²) in [7, 11) is 0. The van der Waals surface area contributed by atoms with Gasteiger partial charge in [-0.25, -0.2) is 0 Å². The van der Waals surface area contributed by atoms with E-state index in [-0.39, 0.29) is 39.6 Å². The van der Waals surface area contributed by atoms with Gasteiger partial charge in [-0.3, -0.25) is 4.79 Å². The van der Waals surface area contributed by atoms with E-state index in [9.17, 15) is 4.79 Å². The van der Waals surface area contributed by atoms with Crippen molar-refractivity contribution < 1.29 is 52.2 Å². The molecule has 2 aliphatic rings. The fraction of sp³-hybridized carbons (Fsp3) is 0.365. The fourth-order valence-corrected chi connectivity index (χ4v) is 7.75. The first-order valence-electron chi connectivity index (χ1n) is 21.5. The summed E-state index contributed by atoms with van der Waals surface area (Å²) in [5.41, 5.74) is 4.83. The molecule has 10 atom stereocenters. The molecule has 0 aromatic heterocycles. The zero-order valence-electron chi connectivity index (χ0n) is 35.9. The fourth-order valence-electron chi connectivity index (χ4n) is 7.75. The SMILES string of the molecule is C=CCO[C@@H]1O[C@@H](C)[C@H](OCc2ccccc2)[C@@H](O[C@@H]2O[C@H](COCc3ccccc3)[C@@H](OCc3ccccc3)[C@H](OCc3ccccc3)[C@H]2OCc2ccccc2)[C@H]1OC(C)=O. The van der Waals surface area contributed by atoms with Crippen LogP contribution in [0.2, 0.25) is 0 Å². The quantitative estimate of drug-likeness (QED) is 0.0494. The molecule has 5 aromatic rings. The highest BCUT2D eigenvalue weighted by Crippen LogP contribution is 2.36. The molecule has 5 aromatic carbocycles. The average molecular weight is 859 g/mol. The molecule has 7 rings (SSSR count). The van der Waals surface area contributed by atoms with E-state index in [1.807, 2.05) is 159 Å². The summed E-state index contributed by atoms with van der Waals surface area (Å²) in [5.74, 6) is -0.548. The lowest BCUT2D eigenvalue weighted by Crippen LogP contribution is -2.66. The van der Waals surface area contributed by atoms with Gasteiger partial charge in [-0.1, -0.05) is 158 Å². The maximum Gasteiger partial charge on any atom is 0.303 e. The molecule has 0 unspecified atom stereocenters. The Kier molecular flexibility index (Phi) is 17.6. The lowest BCUT2D eigenvalue weighted by atomic mass is 9.96. The Balaban J connectivity index is 1.28. The number of hydrogen-bond acceptors (Lipinski definition) is 11. The van der Waals surface area contributed by atoms with Crippen LogP contribution in [0.5, 0.6) is 0 Å². The summed E-state index contributed by atoms with van der Waals surface area (Å²) in [5, 5.41) is 0. The van der Waals surface area contributed by atoms with Gasteiger partial charge in [0.25, 0.3) is 0 Å². The highest BCUT2D eigenvalue weighted by molar-refractivity contribution is 5.66. The minimum Gasteiger partial charge on any atom is -0.454 e. The van der Waals surface area contributed by atoms with Crippen LogP contribution in [-0.4, -0.2) is 80.6 Å². The van der Waals surface area contributed by atoms with Gasteiger partial charge in [0.2, 0.25) is 0 Å². The second-order valence-corrected chi connectivity index (χ2v) is 15.6. The molecule has 2 aliphatic heterocycles. The van der Waals surface area contributed by atoms with Gasteiger partial charge in [0.1, 0.15) is 36.6 Å². The van der Waals surface area contributed by atoms with E-state index in [4.69, 9.17) is 47.4 Å². The van der Waals surface area contributed by atoms with Gasteiger partial charge >= 0.3 is 5.97 Å². The maximum absolute atomic E-state index is 12.9. The van der Waals surface area contributed by atoms with Crippen molar-refractivity contribution in [3.63, 3.8) is 0 Å². The van der Waals surface area contributed by atoms with E-state index in [0.717, 1.165) is 27.8 Å². The predicted molar refractivity (Wildman–Crippen MR) is 236 cm³/mol. The maximum atomic E-state index is 12.9. The smallest absolute Gasteiger partial charge is 0.303 e. The number of carbonyl (C=O) groups is 1. The van der Waals surface area contributed by atoms with Crippen LogP contribution >= 0.6 is 0 Å². The van der Waals surface area contributed by atoms with Crippen molar-refractivity contribution in [2.24, 2.45) is 0 Å². The highest BCUT2D eigenvalue weighted by Gasteiger charge is 2.54. The summed E-state index contributed by atoms with van der Waals surface area (Å²) in [6, 6.07) is 49.5. The Hall–Kier alpha value is -5.05. The van der Waals surface area contributed by atoms with Crippen LogP contribution in [-0.2, 0) is 85.2 Å². The van der Waals surface area contributed by atoms with Gasteiger partial charge in [0.05, 0.1) is 52.4 Å². The number of carbonyl (C=O) groups excluding carboxylic acids is 1. The number of hydrogen-bond donors (Lipinski definition) is 0. The minimum absolute atomic E-state index is 0.126. The molecule has 332 valence electrons. The van der Waals surface area contributed by atoms with Gasteiger partial charge in [-0.05, 0) is 34.7 Å². The van der Waals surface area contributed by atoms with Gasteiger partial charge in [0.15, 0.2) is 18.7 Å². The Labute approximate surface area is 370 Å². The lowest BCUT2D eigenvalue weighted by molar-refractivity contribution is -0.371. The van der Waals surface area contributed by atoms with E-state index in [2.05, 4.69) is 6.58 Å². The number of benzene rings is 5. The summed E-state index contributed by atoms with van der Waals surface area (Å²) in [4.78, 5) is 12.9. The third-order valence-electron chi connectivity index (χ3n) is 10.8. The normalized spacial score (nSPS) is 25.9. The summed E-state index contributed by atoms with van der Waals surface area (Å²) >= 11 is 0. The first kappa shape index (κ1) is 46.0. The Morgan fingerprint density at radius 2 is 0.937 bits per heavy atom. The van der Waals surface area contributed by atoms with Crippen LogP contribution < -0.4 is 0 Å². The Bertz CT molecular complexity index is 2060. The van der Waals surface area contributed by atoms with Gasteiger partial charge < -0.3 is 47.4 Å².